The first kappa shape index (κ1) is 26.6. The van der Waals surface area contributed by atoms with E-state index in [9.17, 15) is 4.79 Å². The van der Waals surface area contributed by atoms with Crippen LogP contribution in [-0.2, 0) is 9.53 Å². The third-order valence-electron chi connectivity index (χ3n) is 6.32. The van der Waals surface area contributed by atoms with Crippen molar-refractivity contribution in [3.8, 4) is 23.0 Å². The number of piperazine rings is 1. The minimum Gasteiger partial charge on any atom is -0.496 e. The summed E-state index contributed by atoms with van der Waals surface area (Å²) in [6.07, 6.45) is 2.01. The van der Waals surface area contributed by atoms with Gasteiger partial charge in [0.2, 0.25) is 0 Å². The highest BCUT2D eigenvalue weighted by Crippen LogP contribution is 2.48. The minimum atomic E-state index is -0.561. The van der Waals surface area contributed by atoms with Gasteiger partial charge >= 0.3 is 5.97 Å². The molecular formula is C27H38N2O6. The molecule has 0 saturated carbocycles. The molecular weight excluding hydrogens is 448 g/mol. The summed E-state index contributed by atoms with van der Waals surface area (Å²) in [5.41, 5.74) is 1.85. The third kappa shape index (κ3) is 6.18. The summed E-state index contributed by atoms with van der Waals surface area (Å²) in [5.74, 6) is 2.14. The molecule has 192 valence electrons. The predicted octanol–water partition coefficient (Wildman–Crippen LogP) is 4.06. The Morgan fingerprint density at radius 3 is 2.06 bits per heavy atom. The maximum atomic E-state index is 13.0. The van der Waals surface area contributed by atoms with E-state index in [0.29, 0.717) is 40.4 Å². The van der Waals surface area contributed by atoms with Crippen LogP contribution in [0, 0.1) is 0 Å². The predicted molar refractivity (Wildman–Crippen MR) is 137 cm³/mol. The van der Waals surface area contributed by atoms with E-state index in [-0.39, 0.29) is 12.5 Å². The second-order valence-electron chi connectivity index (χ2n) is 9.00. The average Bonchev–Trinajstić information content (AvgIpc) is 2.86. The second-order valence-corrected chi connectivity index (χ2v) is 9.00. The fourth-order valence-corrected chi connectivity index (χ4v) is 4.38. The molecule has 1 fully saturated rings. The molecule has 0 amide bonds. The molecule has 1 aliphatic heterocycles. The topological polar surface area (TPSA) is 69.7 Å². The van der Waals surface area contributed by atoms with Gasteiger partial charge in [0.15, 0.2) is 0 Å². The first-order valence-electron chi connectivity index (χ1n) is 11.9. The Labute approximate surface area is 208 Å². The molecule has 0 aliphatic carbocycles. The van der Waals surface area contributed by atoms with Crippen LogP contribution in [-0.4, -0.2) is 84.0 Å². The molecule has 8 nitrogen and oxygen atoms in total. The highest BCUT2D eigenvalue weighted by Gasteiger charge is 2.28. The minimum absolute atomic E-state index is 0.253. The Kier molecular flexibility index (Phi) is 9.23. The fourth-order valence-electron chi connectivity index (χ4n) is 4.38. The van der Waals surface area contributed by atoms with Gasteiger partial charge in [-0.1, -0.05) is 11.6 Å². The van der Waals surface area contributed by atoms with E-state index in [1.54, 1.807) is 28.4 Å². The number of nitrogens with zero attached hydrogens (tertiary/aromatic N) is 2. The molecule has 0 radical (unpaired) electrons. The molecule has 2 aromatic rings. The van der Waals surface area contributed by atoms with Gasteiger partial charge in [-0.3, -0.25) is 9.69 Å². The van der Waals surface area contributed by atoms with Crippen molar-refractivity contribution in [3.05, 3.63) is 35.4 Å². The van der Waals surface area contributed by atoms with E-state index in [1.807, 2.05) is 32.0 Å². The number of hydrogen-bond donors (Lipinski definition) is 0. The molecule has 0 aromatic heterocycles. The second kappa shape index (κ2) is 12.1. The first-order chi connectivity index (χ1) is 16.8. The highest BCUT2D eigenvalue weighted by atomic mass is 16.5. The lowest BCUT2D eigenvalue weighted by atomic mass is 9.97. The van der Waals surface area contributed by atoms with Gasteiger partial charge in [-0.05, 0) is 39.1 Å². The van der Waals surface area contributed by atoms with Gasteiger partial charge in [-0.2, -0.15) is 0 Å². The number of carbonyl (C=O) groups is 1. The Balaban J connectivity index is 2.07. The van der Waals surface area contributed by atoms with Crippen LogP contribution in [0.5, 0.6) is 23.0 Å². The maximum absolute atomic E-state index is 13.0. The monoisotopic (exact) mass is 486 g/mol. The summed E-state index contributed by atoms with van der Waals surface area (Å²) in [6.45, 7) is 7.86. The number of carbonyl (C=O) groups excluding carboxylic acids is 1. The van der Waals surface area contributed by atoms with Crippen LogP contribution >= 0.6 is 0 Å². The molecule has 1 saturated heterocycles. The number of likely N-dealkylation sites (N-methyl/N-ethyl adjacent to an activating group) is 1. The van der Waals surface area contributed by atoms with E-state index in [0.717, 1.165) is 37.1 Å². The van der Waals surface area contributed by atoms with Crippen LogP contribution in [0.25, 0.3) is 10.8 Å². The van der Waals surface area contributed by atoms with E-state index < -0.39 is 6.10 Å². The quantitative estimate of drug-likeness (QED) is 0.368. The van der Waals surface area contributed by atoms with Crippen molar-refractivity contribution in [2.24, 2.45) is 0 Å². The molecule has 8 heteroatoms. The number of allylic oxidation sites excluding steroid dienone is 1. The molecule has 0 unspecified atom stereocenters. The Morgan fingerprint density at radius 1 is 0.914 bits per heavy atom. The highest BCUT2D eigenvalue weighted by molar-refractivity contribution is 6.03. The van der Waals surface area contributed by atoms with Gasteiger partial charge in [-0.25, -0.2) is 0 Å². The van der Waals surface area contributed by atoms with Crippen molar-refractivity contribution in [1.82, 2.24) is 9.80 Å². The van der Waals surface area contributed by atoms with Crippen molar-refractivity contribution in [2.75, 3.05) is 68.2 Å². The average molecular weight is 487 g/mol. The van der Waals surface area contributed by atoms with E-state index >= 15 is 0 Å². The summed E-state index contributed by atoms with van der Waals surface area (Å²) in [7, 11) is 8.52. The van der Waals surface area contributed by atoms with Crippen LogP contribution in [0.2, 0.25) is 0 Å². The molecule has 1 aliphatic rings. The standard InChI is InChI=1S/C27H38N2O6/c1-18(2)8-9-20(35-24(30)17-29-14-12-28(3)13-15-29)19-16-23(33-6)25-21(31-4)10-11-22(32-5)26(25)27(19)34-7/h8,10-11,16,20H,9,12-15,17H2,1-7H3/t20-/m0/s1. The molecule has 0 N–H and O–H groups in total. The molecule has 3 rings (SSSR count). The zero-order valence-corrected chi connectivity index (χ0v) is 22.0. The number of rotatable bonds is 10. The number of fused-ring (bicyclic) bond motifs is 1. The number of benzene rings is 2. The van der Waals surface area contributed by atoms with Gasteiger partial charge in [-0.15, -0.1) is 0 Å². The van der Waals surface area contributed by atoms with Crippen molar-refractivity contribution < 1.29 is 28.5 Å². The SMILES string of the molecule is COc1ccc(OC)c2c(OC)c([C@H](CC=C(C)C)OC(=O)CN3CCN(C)CC3)cc(OC)c12. The van der Waals surface area contributed by atoms with Crippen molar-refractivity contribution in [1.29, 1.82) is 0 Å². The van der Waals surface area contributed by atoms with Crippen LogP contribution in [0.15, 0.2) is 29.8 Å². The molecule has 1 heterocycles. The van der Waals surface area contributed by atoms with E-state index in [2.05, 4.69) is 22.9 Å². The lowest BCUT2D eigenvalue weighted by Crippen LogP contribution is -2.46. The number of ether oxygens (including phenoxy) is 5. The van der Waals surface area contributed by atoms with Crippen LogP contribution in [0.4, 0.5) is 0 Å². The van der Waals surface area contributed by atoms with Crippen LogP contribution in [0.3, 0.4) is 0 Å². The van der Waals surface area contributed by atoms with Crippen molar-refractivity contribution in [2.45, 2.75) is 26.4 Å². The third-order valence-corrected chi connectivity index (χ3v) is 6.32. The van der Waals surface area contributed by atoms with Crippen LogP contribution < -0.4 is 18.9 Å². The normalized spacial score (nSPS) is 15.4. The molecule has 35 heavy (non-hydrogen) atoms. The van der Waals surface area contributed by atoms with Gasteiger partial charge in [0.1, 0.15) is 29.1 Å². The van der Waals surface area contributed by atoms with Gasteiger partial charge in [0, 0.05) is 38.2 Å². The lowest BCUT2D eigenvalue weighted by molar-refractivity contribution is -0.151. The Morgan fingerprint density at radius 2 is 1.51 bits per heavy atom. The lowest BCUT2D eigenvalue weighted by Gasteiger charge is -2.32. The number of esters is 1. The smallest absolute Gasteiger partial charge is 0.320 e. The van der Waals surface area contributed by atoms with Crippen LogP contribution in [0.1, 0.15) is 31.9 Å². The largest absolute Gasteiger partial charge is 0.496 e. The molecule has 1 atom stereocenters. The fraction of sp³-hybridized carbons (Fsp3) is 0.519. The first-order valence-corrected chi connectivity index (χ1v) is 11.9. The van der Waals surface area contributed by atoms with Crippen molar-refractivity contribution in [3.63, 3.8) is 0 Å². The maximum Gasteiger partial charge on any atom is 0.320 e. The van der Waals surface area contributed by atoms with E-state index in [1.165, 1.54) is 0 Å². The summed E-state index contributed by atoms with van der Waals surface area (Å²) in [4.78, 5) is 17.4. The molecule has 0 bridgehead atoms. The summed E-state index contributed by atoms with van der Waals surface area (Å²) in [6, 6.07) is 5.53. The summed E-state index contributed by atoms with van der Waals surface area (Å²) >= 11 is 0. The molecule has 0 spiro atoms. The van der Waals surface area contributed by atoms with Gasteiger partial charge in [0.05, 0.1) is 45.8 Å². The van der Waals surface area contributed by atoms with Gasteiger partial charge < -0.3 is 28.6 Å². The summed E-state index contributed by atoms with van der Waals surface area (Å²) < 4.78 is 29.0. The zero-order valence-electron chi connectivity index (χ0n) is 22.0. The Hall–Kier alpha value is -2.97. The Bertz CT molecular complexity index is 1060. The summed E-state index contributed by atoms with van der Waals surface area (Å²) in [5, 5.41) is 1.45. The van der Waals surface area contributed by atoms with Gasteiger partial charge in [0.25, 0.3) is 0 Å². The number of hydrogen-bond acceptors (Lipinski definition) is 8. The zero-order chi connectivity index (χ0) is 25.5. The number of methoxy groups -OCH3 is 4. The van der Waals surface area contributed by atoms with E-state index in [4.69, 9.17) is 23.7 Å². The molecule has 2 aromatic carbocycles. The van der Waals surface area contributed by atoms with Crippen molar-refractivity contribution >= 4 is 16.7 Å².